The molecule has 0 saturated heterocycles. The summed E-state index contributed by atoms with van der Waals surface area (Å²) in [5.41, 5.74) is 14.8. The van der Waals surface area contributed by atoms with E-state index in [1.807, 2.05) is 47.7 Å². The van der Waals surface area contributed by atoms with Crippen molar-refractivity contribution in [3.8, 4) is 68.8 Å². The van der Waals surface area contributed by atoms with Crippen LogP contribution in [0.3, 0.4) is 0 Å². The minimum absolute atomic E-state index is 0.581. The van der Waals surface area contributed by atoms with E-state index in [2.05, 4.69) is 309 Å². The van der Waals surface area contributed by atoms with E-state index in [9.17, 15) is 0 Å². The van der Waals surface area contributed by atoms with Crippen LogP contribution >= 0.6 is 22.7 Å². The Kier molecular flexibility index (Phi) is 13.1. The van der Waals surface area contributed by atoms with Gasteiger partial charge in [-0.05, 0) is 84.9 Å². The van der Waals surface area contributed by atoms with Gasteiger partial charge in [0.05, 0.1) is 44.1 Å². The molecular formula is C90H54N10S2. The summed E-state index contributed by atoms with van der Waals surface area (Å²) < 4.78 is 14.3. The summed E-state index contributed by atoms with van der Waals surface area (Å²) in [6.07, 6.45) is 0. The van der Waals surface area contributed by atoms with Crippen molar-refractivity contribution in [2.75, 3.05) is 0 Å². The molecule has 0 bridgehead atoms. The Hall–Kier alpha value is -13.3. The van der Waals surface area contributed by atoms with E-state index in [1.165, 1.54) is 61.9 Å². The second kappa shape index (κ2) is 23.2. The van der Waals surface area contributed by atoms with Crippen LogP contribution in [0, 0.1) is 0 Å². The zero-order valence-corrected chi connectivity index (χ0v) is 56.1. The maximum Gasteiger partial charge on any atom is 0.238 e. The highest BCUT2D eigenvalue weighted by Crippen LogP contribution is 2.46. The molecule has 0 saturated carbocycles. The molecule has 22 rings (SSSR count). The molecule has 8 aromatic heterocycles. The Morgan fingerprint density at radius 2 is 0.549 bits per heavy atom. The van der Waals surface area contributed by atoms with E-state index in [0.29, 0.717) is 35.2 Å². The molecular weight excluding hydrogens is 1290 g/mol. The van der Waals surface area contributed by atoms with Crippen molar-refractivity contribution in [2.45, 2.75) is 0 Å². The van der Waals surface area contributed by atoms with Crippen LogP contribution in [0.1, 0.15) is 0 Å². The summed E-state index contributed by atoms with van der Waals surface area (Å²) in [6.45, 7) is 0. The average molecular weight is 1340 g/mol. The molecule has 22 aromatic rings. The van der Waals surface area contributed by atoms with E-state index in [-0.39, 0.29) is 0 Å². The Balaban J connectivity index is 0.000000133. The Morgan fingerprint density at radius 3 is 1.04 bits per heavy atom. The average Bonchev–Trinajstić information content (AvgIpc) is 1.55. The van der Waals surface area contributed by atoms with Crippen LogP contribution in [0.2, 0.25) is 0 Å². The van der Waals surface area contributed by atoms with Crippen LogP contribution in [0.4, 0.5) is 0 Å². The van der Waals surface area contributed by atoms with Crippen molar-refractivity contribution < 1.29 is 0 Å². The topological polar surface area (TPSA) is 97.1 Å². The summed E-state index contributed by atoms with van der Waals surface area (Å²) in [6, 6.07) is 115. The molecule has 0 amide bonds. The first-order valence-corrected chi connectivity index (χ1v) is 35.7. The van der Waals surface area contributed by atoms with Gasteiger partial charge in [0.2, 0.25) is 11.9 Å². The third kappa shape index (κ3) is 9.03. The van der Waals surface area contributed by atoms with Gasteiger partial charge in [0.25, 0.3) is 0 Å². The van der Waals surface area contributed by atoms with Crippen molar-refractivity contribution >= 4 is 150 Å². The second-order valence-corrected chi connectivity index (χ2v) is 27.8. The van der Waals surface area contributed by atoms with E-state index >= 15 is 0 Å². The molecule has 0 aliphatic rings. The predicted molar refractivity (Wildman–Crippen MR) is 425 cm³/mol. The first-order chi connectivity index (χ1) is 50.6. The summed E-state index contributed by atoms with van der Waals surface area (Å²) in [7, 11) is 0. The minimum Gasteiger partial charge on any atom is -0.307 e. The van der Waals surface area contributed by atoms with E-state index < -0.39 is 0 Å². The highest BCUT2D eigenvalue weighted by Gasteiger charge is 2.27. The smallest absolute Gasteiger partial charge is 0.238 e. The Bertz CT molecular complexity index is 7130. The fourth-order valence-electron chi connectivity index (χ4n) is 15.5. The maximum atomic E-state index is 5.41. The minimum atomic E-state index is 0.581. The molecule has 0 atom stereocenters. The van der Waals surface area contributed by atoms with Crippen LogP contribution in [0.25, 0.3) is 196 Å². The van der Waals surface area contributed by atoms with Crippen LogP contribution in [-0.4, -0.2) is 48.2 Å². The number of para-hydroxylation sites is 6. The monoisotopic (exact) mass is 1340 g/mol. The SMILES string of the molecule is c1ccc(-c2nc(-c3ccc4sc5ccccc5c4c3)nc(-n3c4ccccc4c4ccc5c6ccccc6n(-c6ccccc6)c5c43)n2)cc1.c1ccc(-c2nc(-c3cccc4sc5ccccc5c34)nc(-n3c4ccccc4c4ccc5c6ccccc6n(-c6ccccc6)c5c43)n2)cc1. The van der Waals surface area contributed by atoms with Crippen LogP contribution in [0.5, 0.6) is 0 Å². The summed E-state index contributed by atoms with van der Waals surface area (Å²) >= 11 is 3.61. The number of aromatic nitrogens is 10. The number of nitrogens with zero attached hydrogens (tertiary/aromatic N) is 10. The second-order valence-electron chi connectivity index (χ2n) is 25.7. The zero-order chi connectivity index (χ0) is 66.9. The molecule has 0 spiro atoms. The quantitative estimate of drug-likeness (QED) is 0.150. The molecule has 0 radical (unpaired) electrons. The van der Waals surface area contributed by atoms with Crippen molar-refractivity contribution in [2.24, 2.45) is 0 Å². The third-order valence-electron chi connectivity index (χ3n) is 20.0. The fraction of sp³-hybridized carbons (Fsp3) is 0. The van der Waals surface area contributed by atoms with Gasteiger partial charge < -0.3 is 9.13 Å². The van der Waals surface area contributed by atoms with Gasteiger partial charge in [-0.15, -0.1) is 22.7 Å². The Labute approximate surface area is 590 Å². The maximum absolute atomic E-state index is 5.41. The van der Waals surface area contributed by atoms with Crippen molar-refractivity contribution in [1.82, 2.24) is 48.2 Å². The molecule has 8 heterocycles. The first kappa shape index (κ1) is 57.8. The van der Waals surface area contributed by atoms with Gasteiger partial charge in [-0.1, -0.05) is 243 Å². The highest BCUT2D eigenvalue weighted by molar-refractivity contribution is 7.26. The number of thiophene rings is 2. The number of fused-ring (bicyclic) bond motifs is 20. The summed E-state index contributed by atoms with van der Waals surface area (Å²) in [5.74, 6) is 3.71. The number of rotatable bonds is 8. The lowest BCUT2D eigenvalue weighted by atomic mass is 10.1. The highest BCUT2D eigenvalue weighted by atomic mass is 32.1. The van der Waals surface area contributed by atoms with E-state index in [4.69, 9.17) is 29.9 Å². The molecule has 10 nitrogen and oxygen atoms in total. The molecule has 0 N–H and O–H groups in total. The summed E-state index contributed by atoms with van der Waals surface area (Å²) in [5, 5.41) is 14.2. The lowest BCUT2D eigenvalue weighted by Gasteiger charge is -2.13. The largest absolute Gasteiger partial charge is 0.307 e. The molecule has 12 heteroatoms. The number of benzene rings is 14. The van der Waals surface area contributed by atoms with Gasteiger partial charge in [0.15, 0.2) is 23.3 Å². The standard InChI is InChI=1S/2C45H27N5S/c1-3-14-28(15-4-1)43-46-44(35-21-13-25-39-40(35)34-20-9-12-24-38(34)51-39)48-45(47-43)50-37-23-11-8-19-31(37)33-27-26-32-30-18-7-10-22-36(30)49(41(32)42(33)50)29-16-5-2-6-17-29;1-3-13-28(14-4-1)43-46-44(29-23-26-40-36(27-29)33-19-9-12-22-39(33)51-40)48-45(47-43)50-38-21-11-8-18-32(38)35-25-24-34-31-17-7-10-20-37(31)49(41(34)42(35)50)30-15-5-2-6-16-30/h2*1-27H. The predicted octanol–water partition coefficient (Wildman–Crippen LogP) is 23.5. The normalized spacial score (nSPS) is 11.9. The molecule has 0 unspecified atom stereocenters. The van der Waals surface area contributed by atoms with Crippen molar-refractivity contribution in [3.63, 3.8) is 0 Å². The van der Waals surface area contributed by atoms with Crippen molar-refractivity contribution in [1.29, 1.82) is 0 Å². The van der Waals surface area contributed by atoms with E-state index in [0.717, 1.165) is 99.3 Å². The molecule has 0 aliphatic carbocycles. The van der Waals surface area contributed by atoms with Crippen molar-refractivity contribution in [3.05, 3.63) is 328 Å². The molecule has 14 aromatic carbocycles. The number of hydrogen-bond acceptors (Lipinski definition) is 8. The molecule has 102 heavy (non-hydrogen) atoms. The van der Waals surface area contributed by atoms with Gasteiger partial charge in [-0.25, -0.2) is 9.97 Å². The fourth-order valence-corrected chi connectivity index (χ4v) is 17.8. The lowest BCUT2D eigenvalue weighted by molar-refractivity contribution is 0.953. The molecule has 476 valence electrons. The Morgan fingerprint density at radius 1 is 0.206 bits per heavy atom. The summed E-state index contributed by atoms with van der Waals surface area (Å²) in [4.78, 5) is 31.7. The molecule has 0 fully saturated rings. The van der Waals surface area contributed by atoms with Crippen LogP contribution in [0.15, 0.2) is 328 Å². The van der Waals surface area contributed by atoms with Gasteiger partial charge in [-0.3, -0.25) is 9.13 Å². The van der Waals surface area contributed by atoms with Gasteiger partial charge in [0.1, 0.15) is 0 Å². The van der Waals surface area contributed by atoms with Crippen LogP contribution in [-0.2, 0) is 0 Å². The van der Waals surface area contributed by atoms with Gasteiger partial charge in [-0.2, -0.15) is 19.9 Å². The van der Waals surface area contributed by atoms with E-state index in [1.54, 1.807) is 11.3 Å². The third-order valence-corrected chi connectivity index (χ3v) is 22.2. The van der Waals surface area contributed by atoms with Crippen LogP contribution < -0.4 is 0 Å². The number of hydrogen-bond donors (Lipinski definition) is 0. The zero-order valence-electron chi connectivity index (χ0n) is 54.5. The first-order valence-electron chi connectivity index (χ1n) is 34.1. The van der Waals surface area contributed by atoms with Gasteiger partial charge in [0, 0.05) is 117 Å². The lowest BCUT2D eigenvalue weighted by Crippen LogP contribution is -2.07. The van der Waals surface area contributed by atoms with Gasteiger partial charge >= 0.3 is 0 Å². The molecule has 0 aliphatic heterocycles.